The zero-order chi connectivity index (χ0) is 23.1. The number of primary amides is 1. The minimum Gasteiger partial charge on any atom is -0.483 e. The molecule has 2 aliphatic heterocycles. The number of hydrogen-bond donors (Lipinski definition) is 2. The lowest BCUT2D eigenvalue weighted by Gasteiger charge is -2.40. The average Bonchev–Trinajstić information content (AvgIpc) is 3.14. The van der Waals surface area contributed by atoms with Crippen LogP contribution in [0, 0.1) is 5.92 Å². The van der Waals surface area contributed by atoms with Crippen LogP contribution in [-0.4, -0.2) is 89.9 Å². The summed E-state index contributed by atoms with van der Waals surface area (Å²) in [5.74, 6) is -1.45. The van der Waals surface area contributed by atoms with E-state index in [4.69, 9.17) is 20.4 Å². The molecule has 0 spiro atoms. The number of carbonyl (C=O) groups is 5. The fourth-order valence-electron chi connectivity index (χ4n) is 4.03. The highest BCUT2D eigenvalue weighted by atomic mass is 16.5. The summed E-state index contributed by atoms with van der Waals surface area (Å²) < 4.78 is 4.96. The van der Waals surface area contributed by atoms with E-state index in [-0.39, 0.29) is 43.4 Å². The molecule has 0 saturated carbocycles. The summed E-state index contributed by atoms with van der Waals surface area (Å²) in [7, 11) is 2.76. The number of piperazine rings is 1. The molecular formula is C20H26N4O7. The molecule has 0 aromatic heterocycles. The van der Waals surface area contributed by atoms with Crippen LogP contribution in [0.4, 0.5) is 4.79 Å². The molecule has 3 rings (SSSR count). The van der Waals surface area contributed by atoms with Gasteiger partial charge in [0.2, 0.25) is 11.8 Å². The van der Waals surface area contributed by atoms with Crippen molar-refractivity contribution in [2.45, 2.75) is 18.5 Å². The first-order valence-corrected chi connectivity index (χ1v) is 9.55. The molecule has 168 valence electrons. The molecule has 4 amide bonds. The van der Waals surface area contributed by atoms with Crippen molar-refractivity contribution in [1.82, 2.24) is 14.7 Å². The number of carbonyl (C=O) groups excluding carboxylic acids is 4. The maximum absolute atomic E-state index is 12.9. The van der Waals surface area contributed by atoms with E-state index in [0.717, 1.165) is 10.5 Å². The Morgan fingerprint density at radius 3 is 2.45 bits per heavy atom. The van der Waals surface area contributed by atoms with E-state index in [0.29, 0.717) is 13.0 Å². The van der Waals surface area contributed by atoms with Gasteiger partial charge in [0.25, 0.3) is 6.47 Å². The lowest BCUT2D eigenvalue weighted by molar-refractivity contribution is -0.151. The zero-order valence-electron chi connectivity index (χ0n) is 17.3. The summed E-state index contributed by atoms with van der Waals surface area (Å²) in [5, 5.41) is 6.89. The SMILES string of the molecule is COC(=O)[C@H]1C[C@H]2CN(C(=O)CN(C)C(N)=O)CC(=O)N2[C@H]1c1ccccc1.O=CO. The third-order valence-electron chi connectivity index (χ3n) is 5.39. The van der Waals surface area contributed by atoms with Gasteiger partial charge in [-0.05, 0) is 12.0 Å². The Kier molecular flexibility index (Phi) is 7.94. The van der Waals surface area contributed by atoms with E-state index in [2.05, 4.69) is 0 Å². The van der Waals surface area contributed by atoms with Crippen LogP contribution in [0.25, 0.3) is 0 Å². The Morgan fingerprint density at radius 1 is 1.29 bits per heavy atom. The van der Waals surface area contributed by atoms with E-state index in [1.807, 2.05) is 30.3 Å². The Bertz CT molecular complexity index is 832. The van der Waals surface area contributed by atoms with Gasteiger partial charge < -0.3 is 30.3 Å². The fourth-order valence-corrected chi connectivity index (χ4v) is 4.03. The number of benzene rings is 1. The van der Waals surface area contributed by atoms with Gasteiger partial charge >= 0.3 is 12.0 Å². The van der Waals surface area contributed by atoms with Crippen molar-refractivity contribution >= 4 is 30.3 Å². The smallest absolute Gasteiger partial charge is 0.314 e. The normalized spacial score (nSPS) is 22.0. The Morgan fingerprint density at radius 2 is 1.90 bits per heavy atom. The number of fused-ring (bicyclic) bond motifs is 1. The van der Waals surface area contributed by atoms with Crippen LogP contribution in [0.3, 0.4) is 0 Å². The molecule has 1 aromatic carbocycles. The number of esters is 1. The maximum Gasteiger partial charge on any atom is 0.314 e. The second-order valence-electron chi connectivity index (χ2n) is 7.25. The molecule has 0 radical (unpaired) electrons. The van der Waals surface area contributed by atoms with E-state index in [1.165, 1.54) is 19.1 Å². The minimum atomic E-state index is -0.714. The van der Waals surface area contributed by atoms with Crippen LogP contribution in [-0.2, 0) is 23.9 Å². The predicted octanol–water partition coefficient (Wildman–Crippen LogP) is -0.329. The summed E-state index contributed by atoms with van der Waals surface area (Å²) in [6.07, 6.45) is 0.410. The third kappa shape index (κ3) is 5.30. The van der Waals surface area contributed by atoms with Crippen molar-refractivity contribution in [1.29, 1.82) is 0 Å². The largest absolute Gasteiger partial charge is 0.483 e. The Hall–Kier alpha value is -3.63. The lowest BCUT2D eigenvalue weighted by atomic mass is 9.93. The highest BCUT2D eigenvalue weighted by Crippen LogP contribution is 2.43. The first kappa shape index (κ1) is 23.6. The maximum atomic E-state index is 12.9. The van der Waals surface area contributed by atoms with E-state index in [1.54, 1.807) is 4.90 Å². The van der Waals surface area contributed by atoms with Gasteiger partial charge in [0.1, 0.15) is 6.54 Å². The van der Waals surface area contributed by atoms with Gasteiger partial charge in [0.05, 0.1) is 31.7 Å². The molecule has 0 unspecified atom stereocenters. The van der Waals surface area contributed by atoms with Gasteiger partial charge in [-0.25, -0.2) is 4.79 Å². The summed E-state index contributed by atoms with van der Waals surface area (Å²) in [4.78, 5) is 61.5. The van der Waals surface area contributed by atoms with Crippen molar-refractivity contribution in [3.8, 4) is 0 Å². The number of hydrogen-bond acceptors (Lipinski definition) is 6. The molecule has 2 aliphatic rings. The van der Waals surface area contributed by atoms with Crippen molar-refractivity contribution in [3.63, 3.8) is 0 Å². The number of nitrogens with two attached hydrogens (primary N) is 1. The van der Waals surface area contributed by atoms with E-state index in [9.17, 15) is 19.2 Å². The summed E-state index contributed by atoms with van der Waals surface area (Å²) in [6, 6.07) is 7.94. The minimum absolute atomic E-state index is 0.0981. The molecule has 3 N–H and O–H groups in total. The molecule has 2 saturated heterocycles. The number of urea groups is 1. The molecule has 11 heteroatoms. The fraction of sp³-hybridized carbons (Fsp3) is 0.450. The average molecular weight is 434 g/mol. The van der Waals surface area contributed by atoms with Crippen molar-refractivity contribution in [3.05, 3.63) is 35.9 Å². The lowest BCUT2D eigenvalue weighted by Crippen LogP contribution is -2.57. The molecule has 0 bridgehead atoms. The number of carboxylic acid groups (broad SMARTS) is 1. The summed E-state index contributed by atoms with van der Waals surface area (Å²) in [5.41, 5.74) is 6.03. The Balaban J connectivity index is 0.00000107. The van der Waals surface area contributed by atoms with Gasteiger partial charge in [-0.2, -0.15) is 0 Å². The monoisotopic (exact) mass is 434 g/mol. The van der Waals surface area contributed by atoms with Crippen LogP contribution in [0.1, 0.15) is 18.0 Å². The number of ether oxygens (including phenoxy) is 1. The van der Waals surface area contributed by atoms with Crippen molar-refractivity contribution in [2.75, 3.05) is 33.8 Å². The number of likely N-dealkylation sites (N-methyl/N-ethyl adjacent to an activating group) is 1. The van der Waals surface area contributed by atoms with Crippen LogP contribution < -0.4 is 5.73 Å². The van der Waals surface area contributed by atoms with E-state index >= 15 is 0 Å². The van der Waals surface area contributed by atoms with Gasteiger partial charge in [-0.3, -0.25) is 19.2 Å². The van der Waals surface area contributed by atoms with Gasteiger partial charge in [-0.15, -0.1) is 0 Å². The molecular weight excluding hydrogens is 408 g/mol. The van der Waals surface area contributed by atoms with Crippen LogP contribution in [0.5, 0.6) is 0 Å². The second-order valence-corrected chi connectivity index (χ2v) is 7.25. The summed E-state index contributed by atoms with van der Waals surface area (Å²) in [6.45, 7) is -0.245. The van der Waals surface area contributed by atoms with Gasteiger partial charge in [0.15, 0.2) is 0 Å². The number of nitrogens with zero attached hydrogens (tertiary/aromatic N) is 3. The molecule has 0 aliphatic carbocycles. The zero-order valence-corrected chi connectivity index (χ0v) is 17.3. The van der Waals surface area contributed by atoms with Crippen molar-refractivity contribution in [2.24, 2.45) is 11.7 Å². The summed E-state index contributed by atoms with van der Waals surface area (Å²) >= 11 is 0. The molecule has 1 aromatic rings. The molecule has 31 heavy (non-hydrogen) atoms. The first-order chi connectivity index (χ1) is 14.7. The number of rotatable bonds is 4. The highest BCUT2D eigenvalue weighted by Gasteiger charge is 2.51. The quantitative estimate of drug-likeness (QED) is 0.486. The van der Waals surface area contributed by atoms with Gasteiger partial charge in [-0.1, -0.05) is 30.3 Å². The van der Waals surface area contributed by atoms with E-state index < -0.39 is 18.0 Å². The molecule has 2 fully saturated rings. The molecule has 3 atom stereocenters. The molecule has 11 nitrogen and oxygen atoms in total. The standard InChI is InChI=1S/C19H24N4O5.CH2O2/c1-21(19(20)27)10-15(24)22-9-13-8-14(18(26)28-2)17(23(13)16(25)11-22)12-6-4-3-5-7-12;2-1-3/h3-7,13-14,17H,8-11H2,1-2H3,(H2,20,27);1H,(H,2,3)/t13-,14-,17-;/m0./s1. The number of amides is 4. The van der Waals surface area contributed by atoms with Gasteiger partial charge in [0, 0.05) is 13.6 Å². The third-order valence-corrected chi connectivity index (χ3v) is 5.39. The first-order valence-electron chi connectivity index (χ1n) is 9.55. The highest BCUT2D eigenvalue weighted by molar-refractivity contribution is 5.90. The van der Waals surface area contributed by atoms with Crippen LogP contribution in [0.15, 0.2) is 30.3 Å². The van der Waals surface area contributed by atoms with Crippen molar-refractivity contribution < 1.29 is 33.8 Å². The number of methoxy groups -OCH3 is 1. The molecule has 2 heterocycles. The Labute approximate surface area is 179 Å². The topological polar surface area (TPSA) is 151 Å². The predicted molar refractivity (Wildman–Crippen MR) is 107 cm³/mol. The van der Waals surface area contributed by atoms with Crippen LogP contribution >= 0.6 is 0 Å². The second kappa shape index (κ2) is 10.4. The van der Waals surface area contributed by atoms with Crippen LogP contribution in [0.2, 0.25) is 0 Å².